The quantitative estimate of drug-likeness (QED) is 0.904. The van der Waals surface area contributed by atoms with E-state index in [9.17, 15) is 14.7 Å². The van der Waals surface area contributed by atoms with Crippen molar-refractivity contribution in [2.24, 2.45) is 0 Å². The van der Waals surface area contributed by atoms with Crippen LogP contribution in [-0.4, -0.2) is 45.2 Å². The molecule has 1 aromatic rings. The topological polar surface area (TPSA) is 79.7 Å². The first-order valence-electron chi connectivity index (χ1n) is 6.92. The lowest BCUT2D eigenvalue weighted by molar-refractivity contribution is -0.142. The minimum absolute atomic E-state index is 0.238. The van der Waals surface area contributed by atoms with E-state index in [0.717, 1.165) is 5.56 Å². The largest absolute Gasteiger partial charge is 0.480 e. The number of hydrogen-bond donors (Lipinski definition) is 1. The summed E-state index contributed by atoms with van der Waals surface area (Å²) in [4.78, 5) is 29.0. The van der Waals surface area contributed by atoms with E-state index < -0.39 is 23.7 Å². The third-order valence-corrected chi connectivity index (χ3v) is 3.41. The number of pyridine rings is 1. The molecule has 6 nitrogen and oxygen atoms in total. The maximum atomic E-state index is 12.2. The maximum Gasteiger partial charge on any atom is 0.411 e. The molecule has 1 fully saturated rings. The Morgan fingerprint density at radius 3 is 2.48 bits per heavy atom. The molecule has 0 saturated carbocycles. The monoisotopic (exact) mass is 292 g/mol. The molecule has 1 aliphatic rings. The van der Waals surface area contributed by atoms with Crippen LogP contribution in [-0.2, 0) is 9.53 Å². The number of carboxylic acid groups (broad SMARTS) is 1. The van der Waals surface area contributed by atoms with Crippen LogP contribution in [0.25, 0.3) is 0 Å². The van der Waals surface area contributed by atoms with Crippen molar-refractivity contribution in [2.75, 3.05) is 6.54 Å². The van der Waals surface area contributed by atoms with Gasteiger partial charge in [-0.3, -0.25) is 9.88 Å². The molecule has 2 rings (SSSR count). The second kappa shape index (κ2) is 5.71. The number of nitrogens with zero attached hydrogens (tertiary/aromatic N) is 2. The van der Waals surface area contributed by atoms with Gasteiger partial charge < -0.3 is 9.84 Å². The van der Waals surface area contributed by atoms with E-state index in [1.807, 2.05) is 0 Å². The number of aromatic nitrogens is 1. The zero-order valence-electron chi connectivity index (χ0n) is 12.4. The average Bonchev–Trinajstić information content (AvgIpc) is 2.82. The molecule has 114 valence electrons. The van der Waals surface area contributed by atoms with Gasteiger partial charge in [-0.2, -0.15) is 0 Å². The zero-order valence-corrected chi connectivity index (χ0v) is 12.4. The normalized spacial score (nSPS) is 22.1. The number of ether oxygens (including phenoxy) is 1. The second-order valence-corrected chi connectivity index (χ2v) is 6.13. The fraction of sp³-hybridized carbons (Fsp3) is 0.533. The molecule has 6 heteroatoms. The molecule has 2 unspecified atom stereocenters. The number of amides is 1. The molecule has 1 aromatic heterocycles. The van der Waals surface area contributed by atoms with Gasteiger partial charge in [0.2, 0.25) is 0 Å². The third kappa shape index (κ3) is 3.51. The molecule has 1 N–H and O–H groups in total. The van der Waals surface area contributed by atoms with Crippen LogP contribution in [0, 0.1) is 0 Å². The summed E-state index contributed by atoms with van der Waals surface area (Å²) in [5.41, 5.74) is 0.234. The van der Waals surface area contributed by atoms with E-state index in [1.165, 1.54) is 4.90 Å². The first kappa shape index (κ1) is 15.3. The summed E-state index contributed by atoms with van der Waals surface area (Å²) >= 11 is 0. The van der Waals surface area contributed by atoms with E-state index in [1.54, 1.807) is 45.3 Å². The number of carbonyl (C=O) groups is 2. The molecule has 0 aromatic carbocycles. The lowest BCUT2D eigenvalue weighted by Crippen LogP contribution is -2.45. The molecule has 2 heterocycles. The molecule has 2 atom stereocenters. The average molecular weight is 292 g/mol. The summed E-state index contributed by atoms with van der Waals surface area (Å²) in [5.74, 6) is -1.25. The van der Waals surface area contributed by atoms with E-state index >= 15 is 0 Å². The summed E-state index contributed by atoms with van der Waals surface area (Å²) < 4.78 is 5.30. The fourth-order valence-corrected chi connectivity index (χ4v) is 2.58. The van der Waals surface area contributed by atoms with E-state index in [-0.39, 0.29) is 5.92 Å². The van der Waals surface area contributed by atoms with Gasteiger partial charge in [-0.15, -0.1) is 0 Å². The number of rotatable bonds is 2. The molecule has 0 aliphatic carbocycles. The molecule has 0 spiro atoms. The van der Waals surface area contributed by atoms with Gasteiger partial charge in [0.1, 0.15) is 11.6 Å². The fourth-order valence-electron chi connectivity index (χ4n) is 2.58. The van der Waals surface area contributed by atoms with Crippen LogP contribution in [0.2, 0.25) is 0 Å². The molecule has 0 radical (unpaired) electrons. The van der Waals surface area contributed by atoms with Crippen molar-refractivity contribution in [3.63, 3.8) is 0 Å². The van der Waals surface area contributed by atoms with Crippen molar-refractivity contribution >= 4 is 12.1 Å². The number of carbonyl (C=O) groups excluding carboxylic acids is 1. The van der Waals surface area contributed by atoms with Gasteiger partial charge in [-0.1, -0.05) is 0 Å². The standard InChI is InChI=1S/C15H20N2O4/c1-15(2,3)21-14(20)17-9-6-11(12(17)13(18)19)10-4-7-16-8-5-10/h4-5,7-8,11-12H,6,9H2,1-3H3,(H,18,19). The highest BCUT2D eigenvalue weighted by atomic mass is 16.6. The van der Waals surface area contributed by atoms with Gasteiger partial charge >= 0.3 is 12.1 Å². The minimum Gasteiger partial charge on any atom is -0.480 e. The van der Waals surface area contributed by atoms with Crippen LogP contribution in [0.5, 0.6) is 0 Å². The van der Waals surface area contributed by atoms with Crippen molar-refractivity contribution in [3.8, 4) is 0 Å². The first-order chi connectivity index (χ1) is 9.79. The van der Waals surface area contributed by atoms with Gasteiger partial charge in [0.05, 0.1) is 0 Å². The molecule has 21 heavy (non-hydrogen) atoms. The molecular weight excluding hydrogens is 272 g/mol. The summed E-state index contributed by atoms with van der Waals surface area (Å²) in [6, 6.07) is 2.68. The van der Waals surface area contributed by atoms with Crippen LogP contribution >= 0.6 is 0 Å². The maximum absolute atomic E-state index is 12.2. The molecule has 1 saturated heterocycles. The van der Waals surface area contributed by atoms with Crippen molar-refractivity contribution < 1.29 is 19.4 Å². The third-order valence-electron chi connectivity index (χ3n) is 3.41. The summed E-state index contributed by atoms with van der Waals surface area (Å²) in [7, 11) is 0. The highest BCUT2D eigenvalue weighted by molar-refractivity contribution is 5.82. The lowest BCUT2D eigenvalue weighted by atomic mass is 9.92. The minimum atomic E-state index is -1.01. The van der Waals surface area contributed by atoms with E-state index in [0.29, 0.717) is 13.0 Å². The Bertz CT molecular complexity index is 524. The number of likely N-dealkylation sites (tertiary alicyclic amines) is 1. The highest BCUT2D eigenvalue weighted by Gasteiger charge is 2.44. The SMILES string of the molecule is CC(C)(C)OC(=O)N1CCC(c2ccncc2)C1C(=O)O. The Kier molecular flexibility index (Phi) is 4.16. The van der Waals surface area contributed by atoms with Gasteiger partial charge in [0, 0.05) is 24.9 Å². The number of hydrogen-bond acceptors (Lipinski definition) is 4. The predicted molar refractivity (Wildman–Crippen MR) is 76.0 cm³/mol. The Morgan fingerprint density at radius 1 is 1.33 bits per heavy atom. The molecule has 0 bridgehead atoms. The molecular formula is C15H20N2O4. The van der Waals surface area contributed by atoms with Crippen LogP contribution in [0.1, 0.15) is 38.7 Å². The summed E-state index contributed by atoms with van der Waals surface area (Å²) in [6.45, 7) is 5.66. The summed E-state index contributed by atoms with van der Waals surface area (Å²) in [6.07, 6.45) is 3.28. The first-order valence-corrected chi connectivity index (χ1v) is 6.92. The molecule has 1 amide bonds. The van der Waals surface area contributed by atoms with Gasteiger partial charge in [-0.25, -0.2) is 9.59 Å². The van der Waals surface area contributed by atoms with Crippen molar-refractivity contribution in [3.05, 3.63) is 30.1 Å². The van der Waals surface area contributed by atoms with Gasteiger partial charge in [0.25, 0.3) is 0 Å². The Labute approximate surface area is 123 Å². The van der Waals surface area contributed by atoms with Crippen LogP contribution in [0.15, 0.2) is 24.5 Å². The predicted octanol–water partition coefficient (Wildman–Crippen LogP) is 2.26. The van der Waals surface area contributed by atoms with Gasteiger partial charge in [-0.05, 0) is 44.9 Å². The highest BCUT2D eigenvalue weighted by Crippen LogP contribution is 2.34. The van der Waals surface area contributed by atoms with E-state index in [4.69, 9.17) is 4.74 Å². The smallest absolute Gasteiger partial charge is 0.411 e. The lowest BCUT2D eigenvalue weighted by Gasteiger charge is -2.28. The van der Waals surface area contributed by atoms with Crippen molar-refractivity contribution in [2.45, 2.75) is 44.8 Å². The van der Waals surface area contributed by atoms with Crippen molar-refractivity contribution in [1.29, 1.82) is 0 Å². The van der Waals surface area contributed by atoms with Crippen LogP contribution in [0.4, 0.5) is 4.79 Å². The second-order valence-electron chi connectivity index (χ2n) is 6.13. The van der Waals surface area contributed by atoms with Crippen LogP contribution in [0.3, 0.4) is 0 Å². The Hall–Kier alpha value is -2.11. The van der Waals surface area contributed by atoms with Crippen LogP contribution < -0.4 is 0 Å². The van der Waals surface area contributed by atoms with Gasteiger partial charge in [0.15, 0.2) is 0 Å². The Balaban J connectivity index is 2.22. The van der Waals surface area contributed by atoms with Crippen molar-refractivity contribution in [1.82, 2.24) is 9.88 Å². The summed E-state index contributed by atoms with van der Waals surface area (Å²) in [5, 5.41) is 9.50. The zero-order chi connectivity index (χ0) is 15.6. The Morgan fingerprint density at radius 2 is 1.95 bits per heavy atom. The molecule has 1 aliphatic heterocycles. The number of aliphatic carboxylic acids is 1. The number of carboxylic acids is 1. The van der Waals surface area contributed by atoms with E-state index in [2.05, 4.69) is 4.98 Å².